The highest BCUT2D eigenvalue weighted by molar-refractivity contribution is 6.30. The summed E-state index contributed by atoms with van der Waals surface area (Å²) in [4.78, 5) is 28.5. The van der Waals surface area contributed by atoms with E-state index in [0.29, 0.717) is 21.8 Å². The lowest BCUT2D eigenvalue weighted by atomic mass is 10.1. The second kappa shape index (κ2) is 10.5. The molecule has 202 valence electrons. The Hall–Kier alpha value is -5.17. The molecule has 0 spiro atoms. The van der Waals surface area contributed by atoms with Crippen LogP contribution in [0, 0.1) is 0 Å². The molecule has 0 atom stereocenters. The number of aromatic amines is 1. The third-order valence-corrected chi connectivity index (χ3v) is 5.92. The fourth-order valence-corrected chi connectivity index (χ4v) is 3.89. The van der Waals surface area contributed by atoms with Gasteiger partial charge in [0.25, 0.3) is 11.8 Å². The number of carbonyl (C=O) groups is 2. The van der Waals surface area contributed by atoms with Crippen molar-refractivity contribution < 1.29 is 22.8 Å². The Morgan fingerprint density at radius 3 is 2.40 bits per heavy atom. The van der Waals surface area contributed by atoms with Crippen molar-refractivity contribution in [2.24, 2.45) is 5.73 Å². The number of aromatic nitrogens is 5. The zero-order valence-corrected chi connectivity index (χ0v) is 21.0. The summed E-state index contributed by atoms with van der Waals surface area (Å²) in [7, 11) is 0. The number of benzene rings is 2. The number of alkyl halides is 3. The summed E-state index contributed by atoms with van der Waals surface area (Å²) in [5.74, 6) is -1.53. The van der Waals surface area contributed by atoms with Gasteiger partial charge in [0.1, 0.15) is 17.1 Å². The first-order valence-electron chi connectivity index (χ1n) is 11.5. The molecule has 0 unspecified atom stereocenters. The van der Waals surface area contributed by atoms with Crippen molar-refractivity contribution in [1.82, 2.24) is 25.0 Å². The van der Waals surface area contributed by atoms with E-state index in [0.717, 1.165) is 11.8 Å². The van der Waals surface area contributed by atoms with Crippen molar-refractivity contribution >= 4 is 40.7 Å². The van der Waals surface area contributed by atoms with Gasteiger partial charge in [0, 0.05) is 22.5 Å². The molecule has 14 heteroatoms. The Bertz CT molecular complexity index is 1700. The van der Waals surface area contributed by atoms with Crippen molar-refractivity contribution in [3.05, 3.63) is 101 Å². The molecule has 3 heterocycles. The van der Waals surface area contributed by atoms with E-state index in [2.05, 4.69) is 30.9 Å². The van der Waals surface area contributed by atoms with E-state index in [4.69, 9.17) is 17.3 Å². The van der Waals surface area contributed by atoms with Crippen LogP contribution in [0.4, 0.5) is 30.5 Å². The first kappa shape index (κ1) is 26.4. The number of halogens is 4. The summed E-state index contributed by atoms with van der Waals surface area (Å²) >= 11 is 5.91. The lowest BCUT2D eigenvalue weighted by Gasteiger charge is -2.09. The van der Waals surface area contributed by atoms with Crippen LogP contribution < -0.4 is 16.4 Å². The predicted octanol–water partition coefficient (Wildman–Crippen LogP) is 5.42. The van der Waals surface area contributed by atoms with E-state index in [1.54, 1.807) is 59.4 Å². The Balaban J connectivity index is 1.32. The van der Waals surface area contributed by atoms with E-state index in [1.807, 2.05) is 0 Å². The Morgan fingerprint density at radius 1 is 1.00 bits per heavy atom. The van der Waals surface area contributed by atoms with Gasteiger partial charge in [-0.2, -0.15) is 23.4 Å². The van der Waals surface area contributed by atoms with Crippen molar-refractivity contribution in [2.45, 2.75) is 6.18 Å². The number of nitrogens with one attached hydrogen (secondary N) is 3. The number of hydrogen-bond donors (Lipinski definition) is 4. The minimum absolute atomic E-state index is 0.0781. The smallest absolute Gasteiger partial charge is 0.365 e. The van der Waals surface area contributed by atoms with Gasteiger partial charge in [-0.25, -0.2) is 9.67 Å². The maximum atomic E-state index is 13.0. The summed E-state index contributed by atoms with van der Waals surface area (Å²) in [6, 6.07) is 16.7. The van der Waals surface area contributed by atoms with Gasteiger partial charge in [0.15, 0.2) is 5.82 Å². The molecule has 5 N–H and O–H groups in total. The molecule has 2 aromatic carbocycles. The van der Waals surface area contributed by atoms with E-state index in [1.165, 1.54) is 18.3 Å². The molecule has 0 radical (unpaired) electrons. The van der Waals surface area contributed by atoms with Crippen LogP contribution in [0.15, 0.2) is 79.1 Å². The molecule has 40 heavy (non-hydrogen) atoms. The molecule has 0 aliphatic carbocycles. The maximum absolute atomic E-state index is 13.0. The average Bonchev–Trinajstić information content (AvgIpc) is 3.57. The SMILES string of the molecule is NC(=O)c1c(Nc2cccc(C(F)(F)F)n2)n[nH]c1-c1ccc(NC(=O)c2cnn(-c3ccc(Cl)cc3)c2)cc1. The summed E-state index contributed by atoms with van der Waals surface area (Å²) in [6.45, 7) is 0. The van der Waals surface area contributed by atoms with Gasteiger partial charge in [-0.15, -0.1) is 0 Å². The van der Waals surface area contributed by atoms with Gasteiger partial charge in [-0.1, -0.05) is 29.8 Å². The number of carbonyl (C=O) groups excluding carboxylic acids is 2. The highest BCUT2D eigenvalue weighted by Crippen LogP contribution is 2.31. The number of nitrogens with two attached hydrogens (primary N) is 1. The fraction of sp³-hybridized carbons (Fsp3) is 0.0385. The molecule has 0 aliphatic rings. The quantitative estimate of drug-likeness (QED) is 0.207. The zero-order valence-electron chi connectivity index (χ0n) is 20.2. The van der Waals surface area contributed by atoms with Crippen LogP contribution in [-0.2, 0) is 6.18 Å². The first-order chi connectivity index (χ1) is 19.1. The van der Waals surface area contributed by atoms with Crippen LogP contribution in [0.2, 0.25) is 5.02 Å². The summed E-state index contributed by atoms with van der Waals surface area (Å²) in [5, 5.41) is 16.8. The summed E-state index contributed by atoms with van der Waals surface area (Å²) in [6.07, 6.45) is -1.64. The third-order valence-electron chi connectivity index (χ3n) is 5.67. The van der Waals surface area contributed by atoms with Gasteiger partial charge >= 0.3 is 6.18 Å². The van der Waals surface area contributed by atoms with Crippen LogP contribution in [-0.4, -0.2) is 36.8 Å². The molecule has 0 saturated heterocycles. The predicted molar refractivity (Wildman–Crippen MR) is 142 cm³/mol. The molecule has 5 aromatic rings. The van der Waals surface area contributed by atoms with Crippen LogP contribution in [0.25, 0.3) is 16.9 Å². The third kappa shape index (κ3) is 5.63. The highest BCUT2D eigenvalue weighted by atomic mass is 35.5. The zero-order chi connectivity index (χ0) is 28.4. The van der Waals surface area contributed by atoms with E-state index in [-0.39, 0.29) is 22.9 Å². The number of anilines is 3. The largest absolute Gasteiger partial charge is 0.433 e. The van der Waals surface area contributed by atoms with Crippen LogP contribution >= 0.6 is 11.6 Å². The standard InChI is InChI=1S/C26H18ClF3N8O2/c27-16-6-10-18(11-7-16)38-13-15(12-32-38)25(40)33-17-8-4-14(5-9-17)22-21(23(31)39)24(37-36-22)35-20-3-1-2-19(34-20)26(28,29)30/h1-13H,(H2,31,39)(H,33,40)(H2,34,35,36,37). The molecule has 0 bridgehead atoms. The minimum Gasteiger partial charge on any atom is -0.365 e. The number of H-pyrrole nitrogens is 1. The second-order valence-corrected chi connectivity index (χ2v) is 8.84. The number of nitrogens with zero attached hydrogens (tertiary/aromatic N) is 4. The second-order valence-electron chi connectivity index (χ2n) is 8.40. The number of hydrogen-bond acceptors (Lipinski definition) is 6. The van der Waals surface area contributed by atoms with Gasteiger partial charge < -0.3 is 16.4 Å². The lowest BCUT2D eigenvalue weighted by Crippen LogP contribution is -2.14. The van der Waals surface area contributed by atoms with Crippen molar-refractivity contribution in [3.63, 3.8) is 0 Å². The van der Waals surface area contributed by atoms with Crippen molar-refractivity contribution in [2.75, 3.05) is 10.6 Å². The normalized spacial score (nSPS) is 11.3. The van der Waals surface area contributed by atoms with Crippen LogP contribution in [0.3, 0.4) is 0 Å². The molecule has 2 amide bonds. The fourth-order valence-electron chi connectivity index (χ4n) is 3.76. The molecule has 0 fully saturated rings. The molecule has 3 aromatic heterocycles. The topological polar surface area (TPSA) is 144 Å². The maximum Gasteiger partial charge on any atom is 0.433 e. The lowest BCUT2D eigenvalue weighted by molar-refractivity contribution is -0.141. The molecular weight excluding hydrogens is 549 g/mol. The minimum atomic E-state index is -4.64. The Labute approximate surface area is 229 Å². The summed E-state index contributed by atoms with van der Waals surface area (Å²) < 4.78 is 40.6. The number of pyridine rings is 1. The van der Waals surface area contributed by atoms with E-state index < -0.39 is 23.7 Å². The van der Waals surface area contributed by atoms with Gasteiger partial charge in [-0.3, -0.25) is 14.7 Å². The number of primary amides is 1. The van der Waals surface area contributed by atoms with Crippen LogP contribution in [0.1, 0.15) is 26.4 Å². The van der Waals surface area contributed by atoms with Gasteiger partial charge in [-0.05, 0) is 48.5 Å². The average molecular weight is 567 g/mol. The van der Waals surface area contributed by atoms with Crippen molar-refractivity contribution in [1.29, 1.82) is 0 Å². The number of amides is 2. The Morgan fingerprint density at radius 2 is 1.73 bits per heavy atom. The van der Waals surface area contributed by atoms with Crippen molar-refractivity contribution in [3.8, 4) is 16.9 Å². The highest BCUT2D eigenvalue weighted by Gasteiger charge is 2.32. The van der Waals surface area contributed by atoms with Gasteiger partial charge in [0.05, 0.1) is 23.1 Å². The molecule has 0 aliphatic heterocycles. The van der Waals surface area contributed by atoms with E-state index in [9.17, 15) is 22.8 Å². The molecule has 0 saturated carbocycles. The van der Waals surface area contributed by atoms with Gasteiger partial charge in [0.2, 0.25) is 0 Å². The molecule has 10 nitrogen and oxygen atoms in total. The summed E-state index contributed by atoms with van der Waals surface area (Å²) in [5.41, 5.74) is 6.59. The molecule has 5 rings (SSSR count). The van der Waals surface area contributed by atoms with Crippen LogP contribution in [0.5, 0.6) is 0 Å². The Kier molecular flexibility index (Phi) is 6.96. The number of rotatable bonds is 7. The van der Waals surface area contributed by atoms with E-state index >= 15 is 0 Å². The monoisotopic (exact) mass is 566 g/mol. The molecular formula is C26H18ClF3N8O2. The first-order valence-corrected chi connectivity index (χ1v) is 11.9.